The molecule has 1 aliphatic heterocycles. The van der Waals surface area contributed by atoms with Gasteiger partial charge < -0.3 is 9.80 Å². The fourth-order valence-corrected chi connectivity index (χ4v) is 2.76. The van der Waals surface area contributed by atoms with Crippen LogP contribution < -0.4 is 4.90 Å². The number of carbonyl (C=O) groups excluding carboxylic acids is 2. The Balaban J connectivity index is 1.66. The smallest absolute Gasteiger partial charge is 0.255 e. The molecule has 0 radical (unpaired) electrons. The van der Waals surface area contributed by atoms with Crippen LogP contribution in [0.15, 0.2) is 48.8 Å². The van der Waals surface area contributed by atoms with Crippen molar-refractivity contribution >= 4 is 17.4 Å². The SMILES string of the molecule is CC(=O)c1cccc(N2CCN(C(=O)c3cccnc3)CC2)c1. The molecule has 1 saturated heterocycles. The van der Waals surface area contributed by atoms with Crippen molar-refractivity contribution in [3.63, 3.8) is 0 Å². The van der Waals surface area contributed by atoms with E-state index in [0.29, 0.717) is 18.7 Å². The fraction of sp³-hybridized carbons (Fsp3) is 0.278. The Hall–Kier alpha value is -2.69. The second-order valence-electron chi connectivity index (χ2n) is 5.63. The van der Waals surface area contributed by atoms with Crippen molar-refractivity contribution in [1.29, 1.82) is 0 Å². The first-order valence-electron chi connectivity index (χ1n) is 7.70. The van der Waals surface area contributed by atoms with Gasteiger partial charge in [-0.2, -0.15) is 0 Å². The van der Waals surface area contributed by atoms with Crippen LogP contribution in [0.5, 0.6) is 0 Å². The van der Waals surface area contributed by atoms with E-state index >= 15 is 0 Å². The highest BCUT2D eigenvalue weighted by Gasteiger charge is 2.22. The summed E-state index contributed by atoms with van der Waals surface area (Å²) in [5.41, 5.74) is 2.38. The van der Waals surface area contributed by atoms with Gasteiger partial charge >= 0.3 is 0 Å². The number of piperazine rings is 1. The van der Waals surface area contributed by atoms with Gasteiger partial charge in [-0.1, -0.05) is 12.1 Å². The third-order valence-electron chi connectivity index (χ3n) is 4.09. The van der Waals surface area contributed by atoms with E-state index in [2.05, 4.69) is 9.88 Å². The number of nitrogens with zero attached hydrogens (tertiary/aromatic N) is 3. The number of aromatic nitrogens is 1. The van der Waals surface area contributed by atoms with E-state index in [9.17, 15) is 9.59 Å². The highest BCUT2D eigenvalue weighted by Crippen LogP contribution is 2.19. The number of anilines is 1. The average molecular weight is 309 g/mol. The van der Waals surface area contributed by atoms with Gasteiger partial charge in [0.25, 0.3) is 5.91 Å². The molecule has 118 valence electrons. The molecule has 1 amide bonds. The van der Waals surface area contributed by atoms with Crippen LogP contribution in [0.25, 0.3) is 0 Å². The van der Waals surface area contributed by atoms with Gasteiger partial charge in [-0.05, 0) is 31.2 Å². The van der Waals surface area contributed by atoms with Crippen molar-refractivity contribution in [1.82, 2.24) is 9.88 Å². The molecule has 0 aliphatic carbocycles. The zero-order chi connectivity index (χ0) is 16.2. The molecule has 1 aliphatic rings. The zero-order valence-electron chi connectivity index (χ0n) is 13.1. The maximum atomic E-state index is 12.4. The predicted molar refractivity (Wildman–Crippen MR) is 88.8 cm³/mol. The number of ketones is 1. The van der Waals surface area contributed by atoms with E-state index in [1.807, 2.05) is 29.2 Å². The number of amides is 1. The lowest BCUT2D eigenvalue weighted by atomic mass is 10.1. The Kier molecular flexibility index (Phi) is 4.37. The largest absolute Gasteiger partial charge is 0.368 e. The molecule has 1 aromatic carbocycles. The molecule has 3 rings (SSSR count). The van der Waals surface area contributed by atoms with Crippen molar-refractivity contribution in [3.05, 3.63) is 59.9 Å². The van der Waals surface area contributed by atoms with E-state index in [1.165, 1.54) is 0 Å². The summed E-state index contributed by atoms with van der Waals surface area (Å²) in [5.74, 6) is 0.0903. The number of Topliss-reactive ketones (excluding diaryl/α,β-unsaturated/α-hetero) is 1. The van der Waals surface area contributed by atoms with Crippen LogP contribution in [0.3, 0.4) is 0 Å². The standard InChI is InChI=1S/C18H19N3O2/c1-14(22)15-4-2-6-17(12-15)20-8-10-21(11-9-20)18(23)16-5-3-7-19-13-16/h2-7,12-13H,8-11H2,1H3. The summed E-state index contributed by atoms with van der Waals surface area (Å²) in [5, 5.41) is 0. The van der Waals surface area contributed by atoms with E-state index < -0.39 is 0 Å². The Morgan fingerprint density at radius 2 is 1.74 bits per heavy atom. The molecule has 5 nitrogen and oxygen atoms in total. The van der Waals surface area contributed by atoms with Crippen LogP contribution in [0.1, 0.15) is 27.6 Å². The lowest BCUT2D eigenvalue weighted by molar-refractivity contribution is 0.0746. The zero-order valence-corrected chi connectivity index (χ0v) is 13.1. The van der Waals surface area contributed by atoms with E-state index in [-0.39, 0.29) is 11.7 Å². The van der Waals surface area contributed by atoms with Gasteiger partial charge in [0.2, 0.25) is 0 Å². The topological polar surface area (TPSA) is 53.5 Å². The number of rotatable bonds is 3. The van der Waals surface area contributed by atoms with Crippen molar-refractivity contribution in [3.8, 4) is 0 Å². The summed E-state index contributed by atoms with van der Waals surface area (Å²) in [6, 6.07) is 11.2. The van der Waals surface area contributed by atoms with Gasteiger partial charge in [0.1, 0.15) is 0 Å². The minimum Gasteiger partial charge on any atom is -0.368 e. The van der Waals surface area contributed by atoms with Crippen LogP contribution >= 0.6 is 0 Å². The van der Waals surface area contributed by atoms with Gasteiger partial charge in [0, 0.05) is 49.8 Å². The van der Waals surface area contributed by atoms with Crippen LogP contribution in [0.2, 0.25) is 0 Å². The van der Waals surface area contributed by atoms with Crippen molar-refractivity contribution < 1.29 is 9.59 Å². The molecule has 0 atom stereocenters. The number of benzene rings is 1. The maximum absolute atomic E-state index is 12.4. The first-order chi connectivity index (χ1) is 11.1. The van der Waals surface area contributed by atoms with Crippen LogP contribution in [-0.4, -0.2) is 47.8 Å². The van der Waals surface area contributed by atoms with Gasteiger partial charge in [-0.3, -0.25) is 14.6 Å². The summed E-state index contributed by atoms with van der Waals surface area (Å²) < 4.78 is 0. The molecule has 0 unspecified atom stereocenters. The van der Waals surface area contributed by atoms with Gasteiger partial charge in [-0.25, -0.2) is 0 Å². The molecule has 0 N–H and O–H groups in total. The van der Waals surface area contributed by atoms with E-state index in [1.54, 1.807) is 31.5 Å². The third kappa shape index (κ3) is 3.39. The third-order valence-corrected chi connectivity index (χ3v) is 4.09. The van der Waals surface area contributed by atoms with Crippen LogP contribution in [0, 0.1) is 0 Å². The summed E-state index contributed by atoms with van der Waals surface area (Å²) in [7, 11) is 0. The molecule has 5 heteroatoms. The first-order valence-corrected chi connectivity index (χ1v) is 7.70. The second-order valence-corrected chi connectivity index (χ2v) is 5.63. The lowest BCUT2D eigenvalue weighted by Gasteiger charge is -2.36. The van der Waals surface area contributed by atoms with Gasteiger partial charge in [0.05, 0.1) is 5.56 Å². The second kappa shape index (κ2) is 6.60. The fourth-order valence-electron chi connectivity index (χ4n) is 2.76. The minimum absolute atomic E-state index is 0.0234. The van der Waals surface area contributed by atoms with Crippen LogP contribution in [-0.2, 0) is 0 Å². The number of carbonyl (C=O) groups is 2. The normalized spacial score (nSPS) is 14.7. The Bertz CT molecular complexity index is 707. The van der Waals surface area contributed by atoms with Crippen molar-refractivity contribution in [2.75, 3.05) is 31.1 Å². The summed E-state index contributed by atoms with van der Waals surface area (Å²) in [6.45, 7) is 4.42. The highest BCUT2D eigenvalue weighted by atomic mass is 16.2. The van der Waals surface area contributed by atoms with Gasteiger partial charge in [0.15, 0.2) is 5.78 Å². The number of hydrogen-bond donors (Lipinski definition) is 0. The Morgan fingerprint density at radius 3 is 2.39 bits per heavy atom. The molecule has 1 fully saturated rings. The van der Waals surface area contributed by atoms with Crippen molar-refractivity contribution in [2.45, 2.75) is 6.92 Å². The molecular weight excluding hydrogens is 290 g/mol. The van der Waals surface area contributed by atoms with E-state index in [4.69, 9.17) is 0 Å². The quantitative estimate of drug-likeness (QED) is 0.816. The van der Waals surface area contributed by atoms with Crippen LogP contribution in [0.4, 0.5) is 5.69 Å². The Labute approximate surface area is 135 Å². The molecule has 23 heavy (non-hydrogen) atoms. The monoisotopic (exact) mass is 309 g/mol. The summed E-state index contributed by atoms with van der Waals surface area (Å²) in [6.07, 6.45) is 3.27. The van der Waals surface area contributed by atoms with Gasteiger partial charge in [-0.15, -0.1) is 0 Å². The molecule has 2 heterocycles. The number of hydrogen-bond acceptors (Lipinski definition) is 4. The molecular formula is C18H19N3O2. The summed E-state index contributed by atoms with van der Waals surface area (Å²) >= 11 is 0. The predicted octanol–water partition coefficient (Wildman–Crippen LogP) is 2.25. The van der Waals surface area contributed by atoms with E-state index in [0.717, 1.165) is 24.3 Å². The summed E-state index contributed by atoms with van der Waals surface area (Å²) in [4.78, 5) is 32.0. The average Bonchev–Trinajstić information content (AvgIpc) is 2.62. The highest BCUT2D eigenvalue weighted by molar-refractivity contribution is 5.95. The maximum Gasteiger partial charge on any atom is 0.255 e. The molecule has 2 aromatic rings. The number of pyridine rings is 1. The molecule has 0 saturated carbocycles. The molecule has 0 spiro atoms. The lowest BCUT2D eigenvalue weighted by Crippen LogP contribution is -2.48. The molecule has 1 aromatic heterocycles. The first kappa shape index (κ1) is 15.2. The minimum atomic E-state index is 0.0234. The Morgan fingerprint density at radius 1 is 1.00 bits per heavy atom. The van der Waals surface area contributed by atoms with Crippen molar-refractivity contribution in [2.24, 2.45) is 0 Å². The molecule has 0 bridgehead atoms.